The standard InChI is InChI=1S/C21H30N4O3S/c1-2-3-4-5-6-7-10-18-23-24-21(29-18)22-19(26)16-11-13-25(14-12-16)20(27)17-9-8-15-28-17/h8-9,15-16H,2-7,10-14H2,1H3,(H,22,24,26). The predicted molar refractivity (Wildman–Crippen MR) is 113 cm³/mol. The first kappa shape index (κ1) is 21.5. The molecule has 2 amide bonds. The van der Waals surface area contributed by atoms with Crippen molar-refractivity contribution in [1.82, 2.24) is 15.1 Å². The van der Waals surface area contributed by atoms with Crippen molar-refractivity contribution in [2.75, 3.05) is 18.4 Å². The highest BCUT2D eigenvalue weighted by atomic mass is 32.1. The van der Waals surface area contributed by atoms with E-state index < -0.39 is 0 Å². The fourth-order valence-electron chi connectivity index (χ4n) is 3.57. The number of unbranched alkanes of at least 4 members (excludes halogenated alkanes) is 5. The first-order valence-electron chi connectivity index (χ1n) is 10.6. The monoisotopic (exact) mass is 418 g/mol. The molecule has 0 aliphatic carbocycles. The minimum Gasteiger partial charge on any atom is -0.459 e. The number of likely N-dealkylation sites (tertiary alicyclic amines) is 1. The quantitative estimate of drug-likeness (QED) is 0.573. The summed E-state index contributed by atoms with van der Waals surface area (Å²) < 4.78 is 5.17. The van der Waals surface area contributed by atoms with Crippen LogP contribution in [0.25, 0.3) is 0 Å². The number of aromatic nitrogens is 2. The topological polar surface area (TPSA) is 88.3 Å². The van der Waals surface area contributed by atoms with Crippen molar-refractivity contribution in [3.8, 4) is 0 Å². The Kier molecular flexibility index (Phi) is 8.22. The van der Waals surface area contributed by atoms with E-state index in [1.165, 1.54) is 49.7 Å². The van der Waals surface area contributed by atoms with Crippen LogP contribution in [0.5, 0.6) is 0 Å². The summed E-state index contributed by atoms with van der Waals surface area (Å²) in [5.41, 5.74) is 0. The van der Waals surface area contributed by atoms with Gasteiger partial charge in [0.15, 0.2) is 5.76 Å². The zero-order valence-electron chi connectivity index (χ0n) is 17.1. The molecule has 0 aromatic carbocycles. The summed E-state index contributed by atoms with van der Waals surface area (Å²) >= 11 is 1.47. The second-order valence-electron chi connectivity index (χ2n) is 7.55. The summed E-state index contributed by atoms with van der Waals surface area (Å²) in [6.07, 6.45) is 11.2. The number of nitrogens with zero attached hydrogens (tertiary/aromatic N) is 3. The van der Waals surface area contributed by atoms with Crippen LogP contribution in [0.4, 0.5) is 5.13 Å². The molecule has 1 aliphatic heterocycles. The van der Waals surface area contributed by atoms with Crippen LogP contribution in [0.3, 0.4) is 0 Å². The number of hydrogen-bond acceptors (Lipinski definition) is 6. The Morgan fingerprint density at radius 2 is 1.93 bits per heavy atom. The lowest BCUT2D eigenvalue weighted by Gasteiger charge is -2.30. The van der Waals surface area contributed by atoms with Crippen molar-refractivity contribution in [3.63, 3.8) is 0 Å². The lowest BCUT2D eigenvalue weighted by atomic mass is 9.96. The zero-order chi connectivity index (χ0) is 20.5. The largest absolute Gasteiger partial charge is 0.459 e. The highest BCUT2D eigenvalue weighted by molar-refractivity contribution is 7.15. The number of amides is 2. The summed E-state index contributed by atoms with van der Waals surface area (Å²) in [5, 5.41) is 12.8. The van der Waals surface area contributed by atoms with E-state index in [-0.39, 0.29) is 17.7 Å². The molecule has 8 heteroatoms. The van der Waals surface area contributed by atoms with Gasteiger partial charge in [0.05, 0.1) is 6.26 Å². The molecule has 1 N–H and O–H groups in total. The van der Waals surface area contributed by atoms with Gasteiger partial charge in [0.25, 0.3) is 5.91 Å². The average Bonchev–Trinajstić information content (AvgIpc) is 3.42. The van der Waals surface area contributed by atoms with E-state index in [9.17, 15) is 9.59 Å². The van der Waals surface area contributed by atoms with Crippen molar-refractivity contribution >= 4 is 28.3 Å². The average molecular weight is 419 g/mol. The molecular weight excluding hydrogens is 388 g/mol. The van der Waals surface area contributed by atoms with Crippen molar-refractivity contribution < 1.29 is 14.0 Å². The van der Waals surface area contributed by atoms with Gasteiger partial charge in [-0.1, -0.05) is 50.4 Å². The number of rotatable bonds is 10. The second-order valence-corrected chi connectivity index (χ2v) is 8.61. The number of anilines is 1. The van der Waals surface area contributed by atoms with Crippen LogP contribution in [0.1, 0.15) is 73.9 Å². The van der Waals surface area contributed by atoms with Crippen molar-refractivity contribution in [2.24, 2.45) is 5.92 Å². The van der Waals surface area contributed by atoms with Gasteiger partial charge in [-0.25, -0.2) is 0 Å². The second kappa shape index (κ2) is 11.1. The maximum absolute atomic E-state index is 12.5. The number of carbonyl (C=O) groups excluding carboxylic acids is 2. The summed E-state index contributed by atoms with van der Waals surface area (Å²) in [4.78, 5) is 26.6. The molecule has 0 radical (unpaired) electrons. The number of piperidine rings is 1. The first-order valence-corrected chi connectivity index (χ1v) is 11.4. The molecule has 29 heavy (non-hydrogen) atoms. The molecule has 1 saturated heterocycles. The van der Waals surface area contributed by atoms with Crippen LogP contribution in [0.2, 0.25) is 0 Å². The van der Waals surface area contributed by atoms with Crippen LogP contribution in [-0.4, -0.2) is 40.0 Å². The van der Waals surface area contributed by atoms with Crippen LogP contribution in [0.15, 0.2) is 22.8 Å². The molecule has 158 valence electrons. The van der Waals surface area contributed by atoms with Gasteiger partial charge in [-0.3, -0.25) is 9.59 Å². The maximum atomic E-state index is 12.5. The molecule has 1 fully saturated rings. The smallest absolute Gasteiger partial charge is 0.289 e. The van der Waals surface area contributed by atoms with Crippen molar-refractivity contribution in [3.05, 3.63) is 29.2 Å². The van der Waals surface area contributed by atoms with Gasteiger partial charge >= 0.3 is 0 Å². The molecule has 1 aliphatic rings. The molecule has 7 nitrogen and oxygen atoms in total. The van der Waals surface area contributed by atoms with Gasteiger partial charge in [-0.2, -0.15) is 0 Å². The molecule has 3 heterocycles. The van der Waals surface area contributed by atoms with E-state index in [0.717, 1.165) is 17.8 Å². The summed E-state index contributed by atoms with van der Waals surface area (Å²) in [6, 6.07) is 3.37. The number of carbonyl (C=O) groups is 2. The molecule has 3 rings (SSSR count). The molecule has 0 bridgehead atoms. The molecule has 0 spiro atoms. The normalized spacial score (nSPS) is 14.9. The van der Waals surface area contributed by atoms with Gasteiger partial charge < -0.3 is 14.6 Å². The van der Waals surface area contributed by atoms with Crippen molar-refractivity contribution in [1.29, 1.82) is 0 Å². The van der Waals surface area contributed by atoms with Crippen molar-refractivity contribution in [2.45, 2.75) is 64.7 Å². The summed E-state index contributed by atoms with van der Waals surface area (Å²) in [7, 11) is 0. The molecule has 0 saturated carbocycles. The van der Waals surface area contributed by atoms with Crippen LogP contribution in [0, 0.1) is 5.92 Å². The minimum absolute atomic E-state index is 0.0302. The molecular formula is C21H30N4O3S. The third kappa shape index (κ3) is 6.39. The number of furan rings is 1. The summed E-state index contributed by atoms with van der Waals surface area (Å²) in [5.74, 6) is 0.0934. The molecule has 0 atom stereocenters. The SMILES string of the molecule is CCCCCCCCc1nnc(NC(=O)C2CCN(C(=O)c3ccco3)CC2)s1. The highest BCUT2D eigenvalue weighted by Crippen LogP contribution is 2.23. The van der Waals surface area contributed by atoms with Gasteiger partial charge in [-0.05, 0) is 31.4 Å². The van der Waals surface area contributed by atoms with E-state index in [2.05, 4.69) is 22.4 Å². The first-order chi connectivity index (χ1) is 14.2. The number of nitrogens with one attached hydrogen (secondary N) is 1. The van der Waals surface area contributed by atoms with Crippen LogP contribution < -0.4 is 5.32 Å². The Morgan fingerprint density at radius 1 is 1.17 bits per heavy atom. The zero-order valence-corrected chi connectivity index (χ0v) is 17.9. The Bertz CT molecular complexity index is 767. The third-order valence-electron chi connectivity index (χ3n) is 5.33. The van der Waals surface area contributed by atoms with E-state index in [1.807, 2.05) is 0 Å². The lowest BCUT2D eigenvalue weighted by molar-refractivity contribution is -0.121. The fraction of sp³-hybridized carbons (Fsp3) is 0.619. The van der Waals surface area contributed by atoms with Gasteiger partial charge in [0.2, 0.25) is 11.0 Å². The molecule has 2 aromatic heterocycles. The molecule has 2 aromatic rings. The predicted octanol–water partition coefficient (Wildman–Crippen LogP) is 4.53. The molecule has 0 unspecified atom stereocenters. The Labute approximate surface area is 175 Å². The van der Waals surface area contributed by atoms with Gasteiger partial charge in [-0.15, -0.1) is 10.2 Å². The summed E-state index contributed by atoms with van der Waals surface area (Å²) in [6.45, 7) is 3.33. The van der Waals surface area contributed by atoms with Gasteiger partial charge in [0, 0.05) is 25.4 Å². The lowest BCUT2D eigenvalue weighted by Crippen LogP contribution is -2.41. The van der Waals surface area contributed by atoms with E-state index in [1.54, 1.807) is 17.0 Å². The Hall–Kier alpha value is -2.22. The maximum Gasteiger partial charge on any atom is 0.289 e. The number of hydrogen-bond donors (Lipinski definition) is 1. The highest BCUT2D eigenvalue weighted by Gasteiger charge is 2.29. The third-order valence-corrected chi connectivity index (χ3v) is 6.22. The Morgan fingerprint density at radius 3 is 2.66 bits per heavy atom. The van der Waals surface area contributed by atoms with E-state index >= 15 is 0 Å². The Balaban J connectivity index is 1.38. The van der Waals surface area contributed by atoms with Gasteiger partial charge in [0.1, 0.15) is 5.01 Å². The fourth-order valence-corrected chi connectivity index (χ4v) is 4.35. The van der Waals surface area contributed by atoms with E-state index in [0.29, 0.717) is 36.8 Å². The van der Waals surface area contributed by atoms with Crippen LogP contribution >= 0.6 is 11.3 Å². The van der Waals surface area contributed by atoms with Crippen LogP contribution in [-0.2, 0) is 11.2 Å². The minimum atomic E-state index is -0.114. The number of aryl methyl sites for hydroxylation is 1. The van der Waals surface area contributed by atoms with E-state index in [4.69, 9.17) is 4.42 Å².